The summed E-state index contributed by atoms with van der Waals surface area (Å²) in [5.41, 5.74) is 7.48. The molecule has 2 N–H and O–H groups in total. The van der Waals surface area contributed by atoms with Gasteiger partial charge in [-0.1, -0.05) is 50.6 Å². The molecule has 1 aliphatic rings. The summed E-state index contributed by atoms with van der Waals surface area (Å²) < 4.78 is 0. The van der Waals surface area contributed by atoms with E-state index in [1.165, 1.54) is 5.56 Å². The maximum Gasteiger partial charge on any atom is 0.240 e. The highest BCUT2D eigenvalue weighted by Gasteiger charge is 2.36. The summed E-state index contributed by atoms with van der Waals surface area (Å²) in [5.74, 6) is 0.922. The molecule has 0 radical (unpaired) electrons. The van der Waals surface area contributed by atoms with Gasteiger partial charge in [-0.3, -0.25) is 4.79 Å². The number of amides is 1. The van der Waals surface area contributed by atoms with Crippen molar-refractivity contribution in [3.63, 3.8) is 0 Å². The zero-order valence-electron chi connectivity index (χ0n) is 13.9. The molecule has 2 rings (SSSR count). The number of halogens is 1. The van der Waals surface area contributed by atoms with Crippen molar-refractivity contribution in [3.05, 3.63) is 35.9 Å². The number of carbonyl (C=O) groups excluding carboxylic acids is 1. The van der Waals surface area contributed by atoms with Gasteiger partial charge in [0.25, 0.3) is 0 Å². The van der Waals surface area contributed by atoms with Crippen molar-refractivity contribution in [1.29, 1.82) is 0 Å². The summed E-state index contributed by atoms with van der Waals surface area (Å²) in [6, 6.07) is 10.5. The minimum Gasteiger partial charge on any atom is -0.338 e. The molecule has 4 atom stereocenters. The fourth-order valence-corrected chi connectivity index (χ4v) is 3.19. The third-order valence-electron chi connectivity index (χ3n) is 5.08. The van der Waals surface area contributed by atoms with Gasteiger partial charge in [-0.25, -0.2) is 0 Å². The van der Waals surface area contributed by atoms with Crippen LogP contribution in [0.15, 0.2) is 30.3 Å². The van der Waals surface area contributed by atoms with E-state index in [0.717, 1.165) is 25.8 Å². The molecule has 4 heteroatoms. The molecule has 1 amide bonds. The van der Waals surface area contributed by atoms with Gasteiger partial charge in [-0.15, -0.1) is 12.4 Å². The molecule has 124 valence electrons. The lowest BCUT2D eigenvalue weighted by molar-refractivity contribution is -0.134. The van der Waals surface area contributed by atoms with Crippen LogP contribution in [0.2, 0.25) is 0 Å². The molecule has 1 aliphatic heterocycles. The molecule has 1 saturated heterocycles. The molecule has 3 nitrogen and oxygen atoms in total. The van der Waals surface area contributed by atoms with E-state index < -0.39 is 0 Å². The van der Waals surface area contributed by atoms with Crippen molar-refractivity contribution in [1.82, 2.24) is 4.90 Å². The Morgan fingerprint density at radius 2 is 2.00 bits per heavy atom. The number of likely N-dealkylation sites (tertiary alicyclic amines) is 1. The van der Waals surface area contributed by atoms with Crippen molar-refractivity contribution < 1.29 is 4.79 Å². The van der Waals surface area contributed by atoms with Gasteiger partial charge in [0.05, 0.1) is 6.04 Å². The first-order valence-corrected chi connectivity index (χ1v) is 8.14. The molecule has 0 bridgehead atoms. The number of benzene rings is 1. The molecular weight excluding hydrogens is 296 g/mol. The van der Waals surface area contributed by atoms with Gasteiger partial charge in [0.2, 0.25) is 5.91 Å². The number of hydrogen-bond acceptors (Lipinski definition) is 2. The Morgan fingerprint density at radius 3 is 2.59 bits per heavy atom. The van der Waals surface area contributed by atoms with E-state index in [1.807, 2.05) is 11.0 Å². The largest absolute Gasteiger partial charge is 0.338 e. The smallest absolute Gasteiger partial charge is 0.240 e. The van der Waals surface area contributed by atoms with E-state index in [0.29, 0.717) is 5.92 Å². The normalized spacial score (nSPS) is 23.7. The van der Waals surface area contributed by atoms with E-state index in [4.69, 9.17) is 5.73 Å². The van der Waals surface area contributed by atoms with Gasteiger partial charge in [0, 0.05) is 12.6 Å². The lowest BCUT2D eigenvalue weighted by Crippen LogP contribution is -2.49. The van der Waals surface area contributed by atoms with Crippen LogP contribution in [-0.2, 0) is 11.2 Å². The summed E-state index contributed by atoms with van der Waals surface area (Å²) >= 11 is 0. The molecule has 1 heterocycles. The maximum absolute atomic E-state index is 12.6. The zero-order chi connectivity index (χ0) is 15.4. The Morgan fingerprint density at radius 1 is 1.36 bits per heavy atom. The van der Waals surface area contributed by atoms with E-state index in [2.05, 4.69) is 45.0 Å². The van der Waals surface area contributed by atoms with Crippen molar-refractivity contribution in [2.75, 3.05) is 6.54 Å². The quantitative estimate of drug-likeness (QED) is 0.903. The fourth-order valence-electron chi connectivity index (χ4n) is 3.19. The van der Waals surface area contributed by atoms with Crippen LogP contribution in [0.4, 0.5) is 0 Å². The molecule has 22 heavy (non-hydrogen) atoms. The molecule has 0 spiro atoms. The predicted molar refractivity (Wildman–Crippen MR) is 94.1 cm³/mol. The van der Waals surface area contributed by atoms with Crippen molar-refractivity contribution in [3.8, 4) is 0 Å². The first-order chi connectivity index (χ1) is 10.0. The SMILES string of the molecule is CCC(C)C(N)C(=O)N1CCC(Cc2ccccc2)C1C.Cl. The number of nitrogens with zero attached hydrogens (tertiary/aromatic N) is 1. The molecule has 1 aromatic rings. The second kappa shape index (κ2) is 8.54. The van der Waals surface area contributed by atoms with Gasteiger partial charge >= 0.3 is 0 Å². The number of carbonyl (C=O) groups is 1. The van der Waals surface area contributed by atoms with Crippen LogP contribution in [0.1, 0.15) is 39.2 Å². The van der Waals surface area contributed by atoms with Crippen LogP contribution in [-0.4, -0.2) is 29.4 Å². The molecule has 0 aliphatic carbocycles. The van der Waals surface area contributed by atoms with Crippen molar-refractivity contribution >= 4 is 18.3 Å². The second-order valence-electron chi connectivity index (χ2n) is 6.42. The van der Waals surface area contributed by atoms with Gasteiger partial charge in [0.15, 0.2) is 0 Å². The van der Waals surface area contributed by atoms with Gasteiger partial charge in [0.1, 0.15) is 0 Å². The van der Waals surface area contributed by atoms with Gasteiger partial charge in [-0.05, 0) is 37.2 Å². The van der Waals surface area contributed by atoms with E-state index in [-0.39, 0.29) is 36.3 Å². The minimum absolute atomic E-state index is 0. The van der Waals surface area contributed by atoms with Crippen molar-refractivity contribution in [2.24, 2.45) is 17.6 Å². The summed E-state index contributed by atoms with van der Waals surface area (Å²) in [6.45, 7) is 7.16. The highest BCUT2D eigenvalue weighted by Crippen LogP contribution is 2.28. The summed E-state index contributed by atoms with van der Waals surface area (Å²) in [4.78, 5) is 14.6. The van der Waals surface area contributed by atoms with E-state index in [1.54, 1.807) is 0 Å². The minimum atomic E-state index is -0.354. The Kier molecular flexibility index (Phi) is 7.37. The molecular formula is C18H29ClN2O. The average Bonchev–Trinajstić information content (AvgIpc) is 2.87. The highest BCUT2D eigenvalue weighted by atomic mass is 35.5. The Bertz CT molecular complexity index is 465. The Balaban J connectivity index is 0.00000242. The number of nitrogens with two attached hydrogens (primary N) is 1. The summed E-state index contributed by atoms with van der Waals surface area (Å²) in [7, 11) is 0. The number of rotatable bonds is 5. The monoisotopic (exact) mass is 324 g/mol. The highest BCUT2D eigenvalue weighted by molar-refractivity contribution is 5.85. The van der Waals surface area contributed by atoms with Crippen LogP contribution in [0.3, 0.4) is 0 Å². The molecule has 4 unspecified atom stereocenters. The van der Waals surface area contributed by atoms with Crippen molar-refractivity contribution in [2.45, 2.75) is 52.1 Å². The van der Waals surface area contributed by atoms with Crippen LogP contribution in [0, 0.1) is 11.8 Å². The zero-order valence-corrected chi connectivity index (χ0v) is 14.7. The summed E-state index contributed by atoms with van der Waals surface area (Å²) in [6.07, 6.45) is 3.07. The van der Waals surface area contributed by atoms with Crippen LogP contribution >= 0.6 is 12.4 Å². The average molecular weight is 325 g/mol. The standard InChI is InChI=1S/C18H28N2O.ClH/c1-4-13(2)17(19)18(21)20-11-10-16(14(20)3)12-15-8-6-5-7-9-15;/h5-9,13-14,16-17H,4,10-12,19H2,1-3H3;1H. The Hall–Kier alpha value is -1.06. The molecule has 1 fully saturated rings. The van der Waals surface area contributed by atoms with E-state index in [9.17, 15) is 4.79 Å². The fraction of sp³-hybridized carbons (Fsp3) is 0.611. The van der Waals surface area contributed by atoms with E-state index >= 15 is 0 Å². The van der Waals surface area contributed by atoms with Gasteiger partial charge < -0.3 is 10.6 Å². The third kappa shape index (κ3) is 4.23. The molecule has 0 aromatic heterocycles. The first-order valence-electron chi connectivity index (χ1n) is 8.14. The third-order valence-corrected chi connectivity index (χ3v) is 5.08. The van der Waals surface area contributed by atoms with Crippen LogP contribution in [0.25, 0.3) is 0 Å². The van der Waals surface area contributed by atoms with Crippen LogP contribution in [0.5, 0.6) is 0 Å². The molecule has 1 aromatic carbocycles. The Labute approximate surface area is 140 Å². The second-order valence-corrected chi connectivity index (χ2v) is 6.42. The lowest BCUT2D eigenvalue weighted by Gasteiger charge is -2.29. The van der Waals surface area contributed by atoms with Crippen LogP contribution < -0.4 is 5.73 Å². The predicted octanol–water partition coefficient (Wildman–Crippen LogP) is 3.26. The topological polar surface area (TPSA) is 46.3 Å². The molecule has 0 saturated carbocycles. The number of hydrogen-bond donors (Lipinski definition) is 1. The first kappa shape index (κ1) is 19.0. The lowest BCUT2D eigenvalue weighted by atomic mass is 9.93. The van der Waals surface area contributed by atoms with Gasteiger partial charge in [-0.2, -0.15) is 0 Å². The summed E-state index contributed by atoms with van der Waals surface area (Å²) in [5, 5.41) is 0. The maximum atomic E-state index is 12.6.